The second-order valence-corrected chi connectivity index (χ2v) is 11.2. The van der Waals surface area contributed by atoms with Crippen LogP contribution in [0.2, 0.25) is 0 Å². The molecule has 0 radical (unpaired) electrons. The number of carbonyl (C=O) groups excluding carboxylic acids is 1. The molecule has 1 atom stereocenters. The van der Waals surface area contributed by atoms with Gasteiger partial charge in [0.15, 0.2) is 0 Å². The van der Waals surface area contributed by atoms with Gasteiger partial charge < -0.3 is 25.2 Å². The number of amides is 1. The molecule has 1 aromatic heterocycles. The number of hydrogen-bond donors (Lipinski definition) is 2. The van der Waals surface area contributed by atoms with Crippen LogP contribution >= 0.6 is 0 Å². The molecule has 2 saturated heterocycles. The average molecular weight is 546 g/mol. The van der Waals surface area contributed by atoms with Crippen molar-refractivity contribution >= 4 is 29.6 Å². The zero-order valence-electron chi connectivity index (χ0n) is 24.3. The number of benzene rings is 1. The molecule has 214 valence electrons. The molecule has 9 heteroatoms. The number of nitrogens with one attached hydrogen (secondary N) is 2. The first-order valence-corrected chi connectivity index (χ1v) is 14.5. The fourth-order valence-corrected chi connectivity index (χ4v) is 6.25. The molecule has 0 saturated carbocycles. The third-order valence-corrected chi connectivity index (χ3v) is 8.63. The molecule has 4 heterocycles. The highest BCUT2D eigenvalue weighted by atomic mass is 16.5. The Morgan fingerprint density at radius 3 is 2.40 bits per heavy atom. The van der Waals surface area contributed by atoms with Gasteiger partial charge in [-0.05, 0) is 56.9 Å². The zero-order chi connectivity index (χ0) is 28.3. The van der Waals surface area contributed by atoms with Crippen LogP contribution in [-0.4, -0.2) is 84.7 Å². The first kappa shape index (κ1) is 28.1. The minimum Gasteiger partial charge on any atom is -0.381 e. The quantitative estimate of drug-likeness (QED) is 0.476. The summed E-state index contributed by atoms with van der Waals surface area (Å²) in [6.07, 6.45) is 7.59. The van der Waals surface area contributed by atoms with Crippen molar-refractivity contribution < 1.29 is 9.53 Å². The summed E-state index contributed by atoms with van der Waals surface area (Å²) in [5.74, 6) is 2.42. The van der Waals surface area contributed by atoms with E-state index < -0.39 is 0 Å². The number of rotatable bonds is 8. The monoisotopic (exact) mass is 545 g/mol. The first-order chi connectivity index (χ1) is 19.4. The summed E-state index contributed by atoms with van der Waals surface area (Å²) in [6.45, 7) is 15.7. The molecule has 9 nitrogen and oxygen atoms in total. The van der Waals surface area contributed by atoms with Gasteiger partial charge in [-0.3, -0.25) is 9.69 Å². The molecule has 40 heavy (non-hydrogen) atoms. The predicted molar refractivity (Wildman–Crippen MR) is 162 cm³/mol. The number of carbonyl (C=O) groups is 1. The van der Waals surface area contributed by atoms with Crippen LogP contribution in [0.1, 0.15) is 56.3 Å². The fourth-order valence-electron chi connectivity index (χ4n) is 6.25. The van der Waals surface area contributed by atoms with Crippen LogP contribution < -0.4 is 15.5 Å². The van der Waals surface area contributed by atoms with Crippen LogP contribution in [0.5, 0.6) is 0 Å². The van der Waals surface area contributed by atoms with Gasteiger partial charge in [-0.1, -0.05) is 36.9 Å². The molecule has 0 spiro atoms. The van der Waals surface area contributed by atoms with Crippen molar-refractivity contribution in [2.24, 2.45) is 0 Å². The molecule has 5 rings (SSSR count). The molecule has 0 unspecified atom stereocenters. The predicted octanol–water partition coefficient (Wildman–Crippen LogP) is 4.27. The largest absolute Gasteiger partial charge is 0.381 e. The summed E-state index contributed by atoms with van der Waals surface area (Å²) >= 11 is 0. The van der Waals surface area contributed by atoms with Gasteiger partial charge in [0.25, 0.3) is 0 Å². The smallest absolute Gasteiger partial charge is 0.246 e. The van der Waals surface area contributed by atoms with E-state index in [0.717, 1.165) is 76.0 Å². The minimum atomic E-state index is -0.0755. The summed E-state index contributed by atoms with van der Waals surface area (Å²) in [6, 6.07) is 9.37. The van der Waals surface area contributed by atoms with E-state index in [0.29, 0.717) is 12.0 Å². The van der Waals surface area contributed by atoms with Crippen molar-refractivity contribution in [3.05, 3.63) is 59.7 Å². The molecular formula is C31H43N7O2. The van der Waals surface area contributed by atoms with E-state index in [-0.39, 0.29) is 17.5 Å². The lowest BCUT2D eigenvalue weighted by Gasteiger charge is -2.50. The van der Waals surface area contributed by atoms with Crippen molar-refractivity contribution in [2.45, 2.75) is 51.2 Å². The van der Waals surface area contributed by atoms with Crippen LogP contribution in [0.3, 0.4) is 0 Å². The fraction of sp³-hybridized carbons (Fsp3) is 0.516. The van der Waals surface area contributed by atoms with Crippen LogP contribution in [0.15, 0.2) is 43.0 Å². The van der Waals surface area contributed by atoms with Crippen molar-refractivity contribution in [3.63, 3.8) is 0 Å². The van der Waals surface area contributed by atoms with Crippen LogP contribution in [0, 0.1) is 0 Å². The molecule has 0 bridgehead atoms. The Bertz CT molecular complexity index is 1230. The van der Waals surface area contributed by atoms with E-state index in [9.17, 15) is 4.79 Å². The number of nitrogens with zero attached hydrogens (tertiary/aromatic N) is 5. The van der Waals surface area contributed by atoms with E-state index in [1.54, 1.807) is 0 Å². The third-order valence-electron chi connectivity index (χ3n) is 8.63. The lowest BCUT2D eigenvalue weighted by molar-refractivity contribution is -0.130. The van der Waals surface area contributed by atoms with E-state index in [1.165, 1.54) is 17.2 Å². The molecule has 2 N–H and O–H groups in total. The lowest BCUT2D eigenvalue weighted by atomic mass is 9.80. The highest BCUT2D eigenvalue weighted by Gasteiger charge is 2.41. The van der Waals surface area contributed by atoms with Crippen LogP contribution in [0.25, 0.3) is 6.08 Å². The van der Waals surface area contributed by atoms with Gasteiger partial charge in [0.2, 0.25) is 11.9 Å². The van der Waals surface area contributed by atoms with E-state index in [4.69, 9.17) is 14.7 Å². The highest BCUT2D eigenvalue weighted by Crippen LogP contribution is 2.40. The maximum Gasteiger partial charge on any atom is 0.246 e. The number of piperazine rings is 1. The maximum atomic E-state index is 12.1. The maximum absolute atomic E-state index is 12.1. The van der Waals surface area contributed by atoms with Gasteiger partial charge in [0, 0.05) is 59.0 Å². The summed E-state index contributed by atoms with van der Waals surface area (Å²) in [5, 5.41) is 6.80. The first-order valence-electron chi connectivity index (χ1n) is 14.5. The summed E-state index contributed by atoms with van der Waals surface area (Å²) in [7, 11) is 1.90. The van der Waals surface area contributed by atoms with Crippen molar-refractivity contribution in [1.29, 1.82) is 0 Å². The summed E-state index contributed by atoms with van der Waals surface area (Å²) < 4.78 is 5.78. The Hall–Kier alpha value is -3.43. The van der Waals surface area contributed by atoms with Crippen LogP contribution in [0.4, 0.5) is 17.6 Å². The molecule has 3 aliphatic heterocycles. The van der Waals surface area contributed by atoms with Crippen molar-refractivity contribution in [3.8, 4) is 0 Å². The molecule has 3 aliphatic rings. The topological polar surface area (TPSA) is 85.9 Å². The number of anilines is 3. The van der Waals surface area contributed by atoms with E-state index in [1.807, 2.05) is 11.9 Å². The number of hydrogen-bond acceptors (Lipinski definition) is 8. The van der Waals surface area contributed by atoms with E-state index in [2.05, 4.69) is 84.2 Å². The van der Waals surface area contributed by atoms with E-state index >= 15 is 0 Å². The zero-order valence-corrected chi connectivity index (χ0v) is 24.3. The SMILES string of the molecule is C=CC(=O)N1CCN(C2(c3ccc([C@H](C)Nc4nc(NC)c5c(n4)N(C(C)C)CC=C5)cc3)CCOCC2)CC1. The molecular weight excluding hydrogens is 502 g/mol. The average Bonchev–Trinajstić information content (AvgIpc) is 3.00. The third kappa shape index (κ3) is 5.45. The van der Waals surface area contributed by atoms with Gasteiger partial charge in [-0.25, -0.2) is 0 Å². The number of aromatic nitrogens is 2. The Balaban J connectivity index is 1.34. The molecule has 0 aliphatic carbocycles. The number of fused-ring (bicyclic) bond motifs is 1. The number of ether oxygens (including phenoxy) is 1. The molecule has 1 aromatic carbocycles. The molecule has 1 amide bonds. The Labute approximate surface area is 238 Å². The molecule has 2 aromatic rings. The Kier molecular flexibility index (Phi) is 8.42. The molecule has 2 fully saturated rings. The van der Waals surface area contributed by atoms with Crippen LogP contribution in [-0.2, 0) is 15.1 Å². The van der Waals surface area contributed by atoms with Gasteiger partial charge in [-0.15, -0.1) is 0 Å². The standard InChI is InChI=1S/C31H43N7O2/c1-6-27(39)36-16-18-37(19-17-36)31(13-20-40-21-14-31)25-11-9-24(10-12-25)23(4)33-30-34-28(32-5)26-8-7-15-38(22(2)3)29(26)35-30/h6-12,22-23H,1,13-21H2,2-5H3,(H2,32,33,34,35)/t23-/m0/s1. The lowest BCUT2D eigenvalue weighted by Crippen LogP contribution is -2.58. The normalized spacial score (nSPS) is 19.7. The van der Waals surface area contributed by atoms with Gasteiger partial charge in [-0.2, -0.15) is 9.97 Å². The van der Waals surface area contributed by atoms with Gasteiger partial charge in [0.05, 0.1) is 17.1 Å². The van der Waals surface area contributed by atoms with Gasteiger partial charge >= 0.3 is 0 Å². The van der Waals surface area contributed by atoms with Crippen molar-refractivity contribution in [1.82, 2.24) is 19.8 Å². The Morgan fingerprint density at radius 1 is 1.07 bits per heavy atom. The second-order valence-electron chi connectivity index (χ2n) is 11.2. The minimum absolute atomic E-state index is 0.0182. The van der Waals surface area contributed by atoms with Gasteiger partial charge in [0.1, 0.15) is 11.6 Å². The Morgan fingerprint density at radius 2 is 1.77 bits per heavy atom. The van der Waals surface area contributed by atoms with Crippen molar-refractivity contribution in [2.75, 3.05) is 68.5 Å². The highest BCUT2D eigenvalue weighted by molar-refractivity contribution is 5.87. The summed E-state index contributed by atoms with van der Waals surface area (Å²) in [4.78, 5) is 28.6. The summed E-state index contributed by atoms with van der Waals surface area (Å²) in [5.41, 5.74) is 3.45. The second kappa shape index (κ2) is 12.0.